The molecule has 0 fully saturated rings. The van der Waals surface area contributed by atoms with E-state index in [1.807, 2.05) is 30.3 Å². The van der Waals surface area contributed by atoms with E-state index in [1.54, 1.807) is 25.1 Å². The monoisotopic (exact) mass is 330 g/mol. The summed E-state index contributed by atoms with van der Waals surface area (Å²) in [5, 5.41) is 0. The number of hydrogen-bond acceptors (Lipinski definition) is 5. The van der Waals surface area contributed by atoms with E-state index < -0.39 is 0 Å². The molecule has 0 aliphatic heterocycles. The molecule has 0 saturated heterocycles. The van der Waals surface area contributed by atoms with Gasteiger partial charge in [-0.05, 0) is 24.6 Å². The van der Waals surface area contributed by atoms with Crippen LogP contribution < -0.4 is 4.74 Å². The molecule has 2 rings (SSSR count). The van der Waals surface area contributed by atoms with Gasteiger partial charge in [-0.1, -0.05) is 36.4 Å². The Bertz CT molecular complexity index is 655. The largest absolute Gasteiger partial charge is 0.488 e. The highest BCUT2D eigenvalue weighted by Crippen LogP contribution is 2.29. The highest BCUT2D eigenvalue weighted by molar-refractivity contribution is 8.00. The average Bonchev–Trinajstić information content (AvgIpc) is 2.59. The van der Waals surface area contributed by atoms with Crippen molar-refractivity contribution in [2.24, 2.45) is 0 Å². The van der Waals surface area contributed by atoms with Crippen molar-refractivity contribution in [2.75, 3.05) is 12.4 Å². The molecule has 2 aromatic carbocycles. The predicted molar refractivity (Wildman–Crippen MR) is 90.0 cm³/mol. The number of esters is 1. The van der Waals surface area contributed by atoms with Crippen molar-refractivity contribution >= 4 is 24.0 Å². The number of benzene rings is 2. The van der Waals surface area contributed by atoms with Crippen molar-refractivity contribution in [3.63, 3.8) is 0 Å². The van der Waals surface area contributed by atoms with Gasteiger partial charge in [-0.2, -0.15) is 0 Å². The highest BCUT2D eigenvalue weighted by Gasteiger charge is 2.12. The Morgan fingerprint density at radius 3 is 2.61 bits per heavy atom. The quantitative estimate of drug-likeness (QED) is 0.419. The molecule has 0 N–H and O–H groups in total. The van der Waals surface area contributed by atoms with Gasteiger partial charge >= 0.3 is 5.97 Å². The van der Waals surface area contributed by atoms with E-state index in [2.05, 4.69) is 0 Å². The third-order valence-electron chi connectivity index (χ3n) is 3.03. The molecule has 0 heterocycles. The number of carbonyl (C=O) groups is 2. The van der Waals surface area contributed by atoms with Crippen molar-refractivity contribution in [3.05, 3.63) is 59.7 Å². The third-order valence-corrected chi connectivity index (χ3v) is 4.08. The topological polar surface area (TPSA) is 52.6 Å². The number of carbonyl (C=O) groups excluding carboxylic acids is 2. The molecule has 0 spiro atoms. The summed E-state index contributed by atoms with van der Waals surface area (Å²) in [5.74, 6) is 0.374. The molecule has 0 aromatic heterocycles. The fraction of sp³-hybridized carbons (Fsp3) is 0.222. The lowest BCUT2D eigenvalue weighted by atomic mass is 10.2. The fourth-order valence-electron chi connectivity index (χ4n) is 1.97. The average molecular weight is 330 g/mol. The maximum absolute atomic E-state index is 11.4. The van der Waals surface area contributed by atoms with Crippen LogP contribution >= 0.6 is 11.8 Å². The van der Waals surface area contributed by atoms with Gasteiger partial charge in [0.05, 0.1) is 17.9 Å². The van der Waals surface area contributed by atoms with Gasteiger partial charge in [0.2, 0.25) is 0 Å². The van der Waals surface area contributed by atoms with E-state index in [4.69, 9.17) is 9.47 Å². The first-order valence-electron chi connectivity index (χ1n) is 7.28. The van der Waals surface area contributed by atoms with Gasteiger partial charge in [-0.15, -0.1) is 11.8 Å². The molecular weight excluding hydrogens is 312 g/mol. The van der Waals surface area contributed by atoms with E-state index in [1.165, 1.54) is 11.8 Å². The molecule has 2 aromatic rings. The molecule has 0 aliphatic carbocycles. The second-order valence-electron chi connectivity index (χ2n) is 4.65. The Morgan fingerprint density at radius 2 is 1.91 bits per heavy atom. The smallest absolute Gasteiger partial charge is 0.316 e. The predicted octanol–water partition coefficient (Wildman–Crippen LogP) is 3.73. The number of rotatable bonds is 8. The van der Waals surface area contributed by atoms with E-state index in [9.17, 15) is 9.59 Å². The first-order chi connectivity index (χ1) is 11.2. The molecule has 120 valence electrons. The van der Waals surface area contributed by atoms with Crippen molar-refractivity contribution in [1.29, 1.82) is 0 Å². The van der Waals surface area contributed by atoms with Crippen LogP contribution in [0.3, 0.4) is 0 Å². The van der Waals surface area contributed by atoms with E-state index >= 15 is 0 Å². The van der Waals surface area contributed by atoms with Crippen molar-refractivity contribution in [1.82, 2.24) is 0 Å². The van der Waals surface area contributed by atoms with Crippen LogP contribution in [-0.4, -0.2) is 24.6 Å². The summed E-state index contributed by atoms with van der Waals surface area (Å²) in [5.41, 5.74) is 1.48. The number of aldehydes is 1. The zero-order valence-electron chi connectivity index (χ0n) is 12.9. The Balaban J connectivity index is 2.06. The van der Waals surface area contributed by atoms with E-state index in [0.29, 0.717) is 29.4 Å². The van der Waals surface area contributed by atoms with Crippen molar-refractivity contribution < 1.29 is 19.1 Å². The molecule has 5 heteroatoms. The van der Waals surface area contributed by atoms with Crippen LogP contribution in [0.1, 0.15) is 22.8 Å². The number of thioether (sulfide) groups is 1. The summed E-state index contributed by atoms with van der Waals surface area (Å²) in [7, 11) is 0. The van der Waals surface area contributed by atoms with Gasteiger partial charge in [0.25, 0.3) is 0 Å². The number of ether oxygens (including phenoxy) is 2. The molecule has 0 bridgehead atoms. The van der Waals surface area contributed by atoms with Gasteiger partial charge in [0, 0.05) is 4.90 Å². The zero-order valence-corrected chi connectivity index (χ0v) is 13.7. The van der Waals surface area contributed by atoms with Crippen molar-refractivity contribution in [2.45, 2.75) is 18.4 Å². The first kappa shape index (κ1) is 17.1. The first-order valence-corrected chi connectivity index (χ1v) is 8.26. The lowest BCUT2D eigenvalue weighted by Gasteiger charge is -2.11. The molecule has 0 amide bonds. The fourth-order valence-corrected chi connectivity index (χ4v) is 2.80. The molecule has 0 aliphatic rings. The summed E-state index contributed by atoms with van der Waals surface area (Å²) < 4.78 is 10.6. The Labute approximate surface area is 139 Å². The van der Waals surface area contributed by atoms with Gasteiger partial charge < -0.3 is 9.47 Å². The minimum atomic E-state index is -0.301. The third kappa shape index (κ3) is 5.14. The minimum absolute atomic E-state index is 0.164. The normalized spacial score (nSPS) is 10.1. The maximum atomic E-state index is 11.4. The van der Waals surface area contributed by atoms with Crippen LogP contribution in [0.2, 0.25) is 0 Å². The van der Waals surface area contributed by atoms with Gasteiger partial charge in [-0.25, -0.2) is 0 Å². The summed E-state index contributed by atoms with van der Waals surface area (Å²) in [6, 6.07) is 15.1. The van der Waals surface area contributed by atoms with Crippen LogP contribution in [0.4, 0.5) is 0 Å². The molecule has 4 nitrogen and oxygen atoms in total. The summed E-state index contributed by atoms with van der Waals surface area (Å²) in [6.45, 7) is 2.49. The van der Waals surface area contributed by atoms with E-state index in [-0.39, 0.29) is 11.7 Å². The van der Waals surface area contributed by atoms with Gasteiger partial charge in [0.15, 0.2) is 6.29 Å². The lowest BCUT2D eigenvalue weighted by molar-refractivity contribution is -0.139. The molecule has 0 atom stereocenters. The Morgan fingerprint density at radius 1 is 1.13 bits per heavy atom. The second kappa shape index (κ2) is 9.00. The minimum Gasteiger partial charge on any atom is -0.488 e. The van der Waals surface area contributed by atoms with Gasteiger partial charge in [-0.3, -0.25) is 9.59 Å². The van der Waals surface area contributed by atoms with Crippen LogP contribution in [0, 0.1) is 0 Å². The van der Waals surface area contributed by atoms with Crippen LogP contribution in [0.15, 0.2) is 53.4 Å². The van der Waals surface area contributed by atoms with Crippen LogP contribution in [0.25, 0.3) is 0 Å². The van der Waals surface area contributed by atoms with Crippen LogP contribution in [-0.2, 0) is 16.1 Å². The second-order valence-corrected chi connectivity index (χ2v) is 5.67. The lowest BCUT2D eigenvalue weighted by Crippen LogP contribution is -2.07. The van der Waals surface area contributed by atoms with Gasteiger partial charge in [0.1, 0.15) is 12.4 Å². The maximum Gasteiger partial charge on any atom is 0.316 e. The zero-order chi connectivity index (χ0) is 16.5. The highest BCUT2D eigenvalue weighted by atomic mass is 32.2. The van der Waals surface area contributed by atoms with Crippen LogP contribution in [0.5, 0.6) is 5.75 Å². The molecular formula is C18H18O4S. The molecule has 0 saturated carbocycles. The molecule has 23 heavy (non-hydrogen) atoms. The Hall–Kier alpha value is -2.27. The standard InChI is InChI=1S/C18H18O4S/c1-2-21-18(20)13-23-17-10-6-9-16(15(17)11-19)22-12-14-7-4-3-5-8-14/h3-11H,2,12-13H2,1H3. The SMILES string of the molecule is CCOC(=O)CSc1cccc(OCc2ccccc2)c1C=O. The summed E-state index contributed by atoms with van der Waals surface area (Å²) >= 11 is 1.27. The summed E-state index contributed by atoms with van der Waals surface area (Å²) in [4.78, 5) is 23.6. The Kier molecular flexibility index (Phi) is 6.69. The molecule has 0 unspecified atom stereocenters. The summed E-state index contributed by atoms with van der Waals surface area (Å²) in [6.07, 6.45) is 0.758. The van der Waals surface area contributed by atoms with Crippen molar-refractivity contribution in [3.8, 4) is 5.75 Å². The van der Waals surface area contributed by atoms with E-state index in [0.717, 1.165) is 11.8 Å². The number of hydrogen-bond donors (Lipinski definition) is 0. The molecule has 0 radical (unpaired) electrons.